The number of nitrogens with zero attached hydrogens (tertiary/aromatic N) is 2. The molecule has 0 aliphatic heterocycles. The molecule has 0 aliphatic carbocycles. The number of benzene rings is 5. The van der Waals surface area contributed by atoms with Crippen molar-refractivity contribution in [1.29, 1.82) is 0 Å². The zero-order valence-electron chi connectivity index (χ0n) is 33.7. The second-order valence-electron chi connectivity index (χ2n) is 13.8. The molecule has 1 unspecified atom stereocenters. The van der Waals surface area contributed by atoms with Gasteiger partial charge in [-0.15, -0.1) is 29.8 Å². The number of unbranched alkanes of at least 4 members (excludes halogenated alkanes) is 2. The third-order valence-electron chi connectivity index (χ3n) is 9.00. The zero-order chi connectivity index (χ0) is 38.8. The minimum Gasteiger partial charge on any atom is -0.551 e. The molecule has 0 radical (unpaired) electrons. The van der Waals surface area contributed by atoms with E-state index in [4.69, 9.17) is 9.73 Å². The first-order valence-electron chi connectivity index (χ1n) is 18.8. The number of ether oxygens (including phenoxy) is 1. The van der Waals surface area contributed by atoms with E-state index in [0.717, 1.165) is 71.3 Å². The van der Waals surface area contributed by atoms with Crippen molar-refractivity contribution in [3.63, 3.8) is 0 Å². The van der Waals surface area contributed by atoms with E-state index in [0.29, 0.717) is 30.0 Å². The normalized spacial score (nSPS) is 11.6. The first-order chi connectivity index (χ1) is 26.7. The van der Waals surface area contributed by atoms with Gasteiger partial charge in [0.15, 0.2) is 0 Å². The number of carbonyl (C=O) groups is 2. The Bertz CT molecular complexity index is 2060. The quantitative estimate of drug-likeness (QED) is 0.0176. The van der Waals surface area contributed by atoms with Gasteiger partial charge in [-0.2, -0.15) is 0 Å². The molecule has 0 bridgehead atoms. The molecule has 0 heterocycles. The van der Waals surface area contributed by atoms with Crippen LogP contribution in [0.3, 0.4) is 0 Å². The molecule has 0 saturated heterocycles. The predicted octanol–water partition coefficient (Wildman–Crippen LogP) is 7.15. The molecular formula is C49H52KN3O4-2. The van der Waals surface area contributed by atoms with E-state index in [-0.39, 0.29) is 88.7 Å². The molecule has 0 amide bonds. The van der Waals surface area contributed by atoms with Crippen molar-refractivity contribution < 1.29 is 70.8 Å². The molecule has 0 saturated carbocycles. The number of aromatic hydroxyl groups is 1. The molecule has 57 heavy (non-hydrogen) atoms. The SMILES string of the molecule is C=C(C)C(=O)OCC(C)CNCCCCCC(=O)Cc1ccc([CH-]N=C(N=[C-]c2ccc(-c3ccccc3)cc2)c2ccc(-c3ccccc3)cc2)c(O)c1.[CH3-].[K+]. The molecule has 5 aromatic carbocycles. The van der Waals surface area contributed by atoms with Crippen LogP contribution in [-0.4, -0.2) is 48.6 Å². The van der Waals surface area contributed by atoms with Gasteiger partial charge in [0, 0.05) is 36.6 Å². The van der Waals surface area contributed by atoms with Crippen LogP contribution in [0.5, 0.6) is 5.75 Å². The number of Topliss-reactive ketones (excluding diaryl/α,β-unsaturated/α-hetero) is 1. The smallest absolute Gasteiger partial charge is 0.551 e. The third-order valence-corrected chi connectivity index (χ3v) is 9.00. The molecule has 0 fully saturated rings. The zero-order valence-corrected chi connectivity index (χ0v) is 36.8. The Kier molecular flexibility index (Phi) is 20.6. The van der Waals surface area contributed by atoms with E-state index in [1.165, 1.54) is 0 Å². The Morgan fingerprint density at radius 2 is 1.42 bits per heavy atom. The molecular weight excluding hydrogens is 734 g/mol. The molecule has 8 heteroatoms. The molecule has 2 N–H and O–H groups in total. The fourth-order valence-corrected chi connectivity index (χ4v) is 5.85. The summed E-state index contributed by atoms with van der Waals surface area (Å²) in [4.78, 5) is 33.6. The summed E-state index contributed by atoms with van der Waals surface area (Å²) in [6, 6.07) is 41.7. The maximum absolute atomic E-state index is 12.7. The molecule has 0 aliphatic rings. The van der Waals surface area contributed by atoms with Gasteiger partial charge in [-0.05, 0) is 60.3 Å². The average Bonchev–Trinajstić information content (AvgIpc) is 3.21. The Labute approximate surface area is 381 Å². The van der Waals surface area contributed by atoms with Crippen LogP contribution in [0.1, 0.15) is 61.8 Å². The van der Waals surface area contributed by atoms with Crippen molar-refractivity contribution in [2.75, 3.05) is 19.7 Å². The predicted molar refractivity (Wildman–Crippen MR) is 230 cm³/mol. The van der Waals surface area contributed by atoms with Crippen molar-refractivity contribution in [1.82, 2.24) is 5.32 Å². The van der Waals surface area contributed by atoms with Crippen molar-refractivity contribution in [3.05, 3.63) is 176 Å². The fourth-order valence-electron chi connectivity index (χ4n) is 5.85. The van der Waals surface area contributed by atoms with Crippen LogP contribution < -0.4 is 56.7 Å². The van der Waals surface area contributed by atoms with Crippen molar-refractivity contribution in [2.24, 2.45) is 15.9 Å². The van der Waals surface area contributed by atoms with Crippen LogP contribution in [0.25, 0.3) is 22.3 Å². The molecule has 0 spiro atoms. The van der Waals surface area contributed by atoms with E-state index >= 15 is 0 Å². The summed E-state index contributed by atoms with van der Waals surface area (Å²) in [6.45, 7) is 10.8. The number of hydrogen-bond donors (Lipinski definition) is 2. The molecule has 5 aromatic rings. The Balaban J connectivity index is 0.00000435. The topological polar surface area (TPSA) is 100 Å². The van der Waals surface area contributed by atoms with Crippen LogP contribution >= 0.6 is 0 Å². The number of rotatable bonds is 19. The number of carbonyl (C=O) groups excluding carboxylic acids is 2. The number of aliphatic imine (C=N–C) groups is 2. The third kappa shape index (κ3) is 15.8. The van der Waals surface area contributed by atoms with Gasteiger partial charge < -0.3 is 32.6 Å². The summed E-state index contributed by atoms with van der Waals surface area (Å²) in [5.41, 5.74) is 7.75. The largest absolute Gasteiger partial charge is 1.00 e. The molecule has 1 atom stereocenters. The standard InChI is InChI=1S/C48H49N3O4.CH3.K/c1-35(2)48(54)55-34-36(3)31-49-28-12-6-11-17-45(52)29-38-20-23-44(46(53)30-38)33-51-47(43-26-24-42(25-27-43)40-15-9-5-10-16-40)50-32-37-18-21-41(22-19-37)39-13-7-4-8-14-39;;/h4-5,7-10,13-16,18-27,30,33,36,49,53H,1,6,11-12,17,28-29,31,34H2,2-3H3;1H3;/q-2;-1;+1. The van der Waals surface area contributed by atoms with Crippen LogP contribution in [0.15, 0.2) is 150 Å². The van der Waals surface area contributed by atoms with Crippen molar-refractivity contribution in [2.45, 2.75) is 46.0 Å². The summed E-state index contributed by atoms with van der Waals surface area (Å²) >= 11 is 0. The number of ketones is 1. The second-order valence-corrected chi connectivity index (χ2v) is 13.8. The Morgan fingerprint density at radius 1 is 0.825 bits per heavy atom. The Morgan fingerprint density at radius 3 is 2.02 bits per heavy atom. The van der Waals surface area contributed by atoms with Crippen molar-refractivity contribution >= 4 is 23.8 Å². The van der Waals surface area contributed by atoms with Crippen LogP contribution in [0.2, 0.25) is 0 Å². The number of phenolic OH excluding ortho intramolecular Hbond substituents is 1. The van der Waals surface area contributed by atoms with E-state index in [1.54, 1.807) is 25.6 Å². The van der Waals surface area contributed by atoms with Gasteiger partial charge in [0.2, 0.25) is 0 Å². The average molecular weight is 786 g/mol. The van der Waals surface area contributed by atoms with Gasteiger partial charge in [0.05, 0.1) is 12.4 Å². The number of esters is 1. The molecule has 290 valence electrons. The van der Waals surface area contributed by atoms with Gasteiger partial charge in [-0.3, -0.25) is 4.79 Å². The number of nitrogens with one attached hydrogen (secondary N) is 1. The van der Waals surface area contributed by atoms with Crippen molar-refractivity contribution in [3.8, 4) is 28.0 Å². The van der Waals surface area contributed by atoms with Gasteiger partial charge in [0.1, 0.15) is 5.78 Å². The van der Waals surface area contributed by atoms with E-state index < -0.39 is 0 Å². The summed E-state index contributed by atoms with van der Waals surface area (Å²) in [7, 11) is 0. The van der Waals surface area contributed by atoms with Crippen LogP contribution in [-0.2, 0) is 20.7 Å². The number of phenols is 1. The van der Waals surface area contributed by atoms with Gasteiger partial charge in [-0.25, -0.2) is 4.79 Å². The van der Waals surface area contributed by atoms with E-state index in [2.05, 4.69) is 47.4 Å². The first kappa shape index (κ1) is 47.0. The summed E-state index contributed by atoms with van der Waals surface area (Å²) in [6.07, 6.45) is 6.60. The minimum absolute atomic E-state index is 0. The van der Waals surface area contributed by atoms with Gasteiger partial charge >= 0.3 is 57.4 Å². The Hall–Kier alpha value is -4.41. The van der Waals surface area contributed by atoms with Crippen LogP contribution in [0, 0.1) is 19.9 Å². The second kappa shape index (κ2) is 25.1. The number of hydrogen-bond acceptors (Lipinski definition) is 6. The first-order valence-corrected chi connectivity index (χ1v) is 18.8. The fraction of sp³-hybridized carbons (Fsp3) is 0.224. The van der Waals surface area contributed by atoms with E-state index in [9.17, 15) is 14.7 Å². The maximum atomic E-state index is 12.7. The monoisotopic (exact) mass is 785 g/mol. The van der Waals surface area contributed by atoms with Gasteiger partial charge in [-0.1, -0.05) is 141 Å². The number of amidine groups is 1. The summed E-state index contributed by atoms with van der Waals surface area (Å²) < 4.78 is 5.19. The van der Waals surface area contributed by atoms with Crippen LogP contribution in [0.4, 0.5) is 0 Å². The van der Waals surface area contributed by atoms with E-state index in [1.807, 2.05) is 97.9 Å². The molecule has 7 nitrogen and oxygen atoms in total. The molecule has 5 rings (SSSR count). The summed E-state index contributed by atoms with van der Waals surface area (Å²) in [5, 5.41) is 14.3. The summed E-state index contributed by atoms with van der Waals surface area (Å²) in [5.74, 6) is 0.477. The maximum Gasteiger partial charge on any atom is 1.00 e. The molecule has 0 aromatic heterocycles. The van der Waals surface area contributed by atoms with Gasteiger partial charge in [0.25, 0.3) is 0 Å². The minimum atomic E-state index is -0.358.